The van der Waals surface area contributed by atoms with Gasteiger partial charge in [0.05, 0.1) is 6.04 Å². The topological polar surface area (TPSA) is 72.3 Å². The lowest BCUT2D eigenvalue weighted by Gasteiger charge is -2.19. The summed E-state index contributed by atoms with van der Waals surface area (Å²) in [6.07, 6.45) is 0.856. The van der Waals surface area contributed by atoms with Crippen LogP contribution in [0.3, 0.4) is 0 Å². The number of amides is 1. The molecule has 3 aromatic rings. The SMILES string of the molecule is Cc1ccc(CN2CCc3nnc([C@@H](C)NC(=O)COc4ccccc4)n3CC2)s1. The summed E-state index contributed by atoms with van der Waals surface area (Å²) in [6.45, 7) is 7.74. The zero-order chi connectivity index (χ0) is 20.9. The molecule has 0 unspecified atom stereocenters. The van der Waals surface area contributed by atoms with Crippen LogP contribution in [-0.4, -0.2) is 45.3 Å². The third kappa shape index (κ3) is 5.06. The number of aromatic nitrogens is 3. The molecule has 1 N–H and O–H groups in total. The zero-order valence-corrected chi connectivity index (χ0v) is 18.2. The van der Waals surface area contributed by atoms with Crippen molar-refractivity contribution < 1.29 is 9.53 Å². The van der Waals surface area contributed by atoms with E-state index in [2.05, 4.69) is 44.0 Å². The third-order valence-electron chi connectivity index (χ3n) is 5.20. The Labute approximate surface area is 180 Å². The summed E-state index contributed by atoms with van der Waals surface area (Å²) < 4.78 is 7.69. The van der Waals surface area contributed by atoms with Crippen LogP contribution in [0.25, 0.3) is 0 Å². The summed E-state index contributed by atoms with van der Waals surface area (Å²) >= 11 is 1.86. The van der Waals surface area contributed by atoms with Gasteiger partial charge in [-0.2, -0.15) is 0 Å². The average molecular weight is 426 g/mol. The van der Waals surface area contributed by atoms with Crippen molar-refractivity contribution in [3.8, 4) is 5.75 Å². The van der Waals surface area contributed by atoms with Gasteiger partial charge in [0.15, 0.2) is 12.4 Å². The second kappa shape index (κ2) is 9.40. The molecule has 0 radical (unpaired) electrons. The Hall–Kier alpha value is -2.71. The minimum absolute atomic E-state index is 0.0244. The Kier molecular flexibility index (Phi) is 6.44. The Morgan fingerprint density at radius 3 is 2.77 bits per heavy atom. The van der Waals surface area contributed by atoms with Crippen LogP contribution in [0.2, 0.25) is 0 Å². The van der Waals surface area contributed by atoms with Crippen molar-refractivity contribution in [2.45, 2.75) is 39.4 Å². The highest BCUT2D eigenvalue weighted by Gasteiger charge is 2.23. The monoisotopic (exact) mass is 425 g/mol. The number of carbonyl (C=O) groups is 1. The minimum atomic E-state index is -0.232. The molecule has 4 rings (SSSR count). The molecule has 0 aliphatic carbocycles. The predicted molar refractivity (Wildman–Crippen MR) is 117 cm³/mol. The smallest absolute Gasteiger partial charge is 0.258 e. The number of thiophene rings is 1. The molecule has 0 spiro atoms. The van der Waals surface area contributed by atoms with E-state index in [0.29, 0.717) is 5.75 Å². The van der Waals surface area contributed by atoms with Crippen LogP contribution in [0.5, 0.6) is 5.75 Å². The van der Waals surface area contributed by atoms with E-state index in [4.69, 9.17) is 4.74 Å². The first-order valence-electron chi connectivity index (χ1n) is 10.3. The zero-order valence-electron chi connectivity index (χ0n) is 17.4. The lowest BCUT2D eigenvalue weighted by atomic mass is 10.3. The first-order chi connectivity index (χ1) is 14.6. The Balaban J connectivity index is 1.33. The summed E-state index contributed by atoms with van der Waals surface area (Å²) in [7, 11) is 0. The van der Waals surface area contributed by atoms with Gasteiger partial charge in [-0.05, 0) is 38.1 Å². The first kappa shape index (κ1) is 20.6. The molecule has 3 heterocycles. The number of hydrogen-bond donors (Lipinski definition) is 1. The van der Waals surface area contributed by atoms with Crippen molar-refractivity contribution in [3.05, 3.63) is 63.9 Å². The number of nitrogens with one attached hydrogen (secondary N) is 1. The van der Waals surface area contributed by atoms with E-state index in [1.54, 1.807) is 0 Å². The molecule has 1 atom stereocenters. The molecule has 8 heteroatoms. The van der Waals surface area contributed by atoms with Gasteiger partial charge < -0.3 is 14.6 Å². The summed E-state index contributed by atoms with van der Waals surface area (Å²) in [6, 6.07) is 13.5. The van der Waals surface area contributed by atoms with E-state index >= 15 is 0 Å². The van der Waals surface area contributed by atoms with Crippen LogP contribution in [0.4, 0.5) is 0 Å². The van der Waals surface area contributed by atoms with Gasteiger partial charge in [-0.15, -0.1) is 21.5 Å². The average Bonchev–Trinajstić information content (AvgIpc) is 3.29. The van der Waals surface area contributed by atoms with E-state index in [1.807, 2.05) is 48.6 Å². The Morgan fingerprint density at radius 1 is 1.17 bits per heavy atom. The van der Waals surface area contributed by atoms with Gasteiger partial charge in [0.2, 0.25) is 0 Å². The summed E-state index contributed by atoms with van der Waals surface area (Å²) in [5.41, 5.74) is 0. The highest BCUT2D eigenvalue weighted by molar-refractivity contribution is 7.11. The number of rotatable bonds is 7. The second-order valence-corrected chi connectivity index (χ2v) is 8.93. The Morgan fingerprint density at radius 2 is 2.00 bits per heavy atom. The molecule has 1 aliphatic heterocycles. The number of aryl methyl sites for hydroxylation is 1. The van der Waals surface area contributed by atoms with E-state index < -0.39 is 0 Å². The van der Waals surface area contributed by atoms with Crippen LogP contribution in [0, 0.1) is 6.92 Å². The lowest BCUT2D eigenvalue weighted by Crippen LogP contribution is -2.33. The molecule has 0 saturated carbocycles. The number of hydrogen-bond acceptors (Lipinski definition) is 6. The van der Waals surface area contributed by atoms with E-state index in [9.17, 15) is 4.79 Å². The molecular weight excluding hydrogens is 398 g/mol. The van der Waals surface area contributed by atoms with Crippen molar-refractivity contribution in [3.63, 3.8) is 0 Å². The number of fused-ring (bicyclic) bond motifs is 1. The van der Waals surface area contributed by atoms with Gasteiger partial charge in [0.25, 0.3) is 5.91 Å². The second-order valence-electron chi connectivity index (χ2n) is 7.56. The highest BCUT2D eigenvalue weighted by atomic mass is 32.1. The summed E-state index contributed by atoms with van der Waals surface area (Å²) in [5.74, 6) is 2.29. The number of nitrogens with zero attached hydrogens (tertiary/aromatic N) is 4. The number of benzene rings is 1. The number of ether oxygens (including phenoxy) is 1. The van der Waals surface area contributed by atoms with Crippen molar-refractivity contribution in [1.29, 1.82) is 0 Å². The van der Waals surface area contributed by atoms with Crippen LogP contribution >= 0.6 is 11.3 Å². The van der Waals surface area contributed by atoms with E-state index in [-0.39, 0.29) is 18.6 Å². The van der Waals surface area contributed by atoms with Crippen molar-refractivity contribution in [1.82, 2.24) is 25.0 Å². The normalized spacial score (nSPS) is 15.3. The maximum absolute atomic E-state index is 12.3. The minimum Gasteiger partial charge on any atom is -0.484 e. The summed E-state index contributed by atoms with van der Waals surface area (Å²) in [4.78, 5) is 17.5. The molecule has 2 aromatic heterocycles. The molecular formula is C22H27N5O2S. The van der Waals surface area contributed by atoms with Gasteiger partial charge >= 0.3 is 0 Å². The van der Waals surface area contributed by atoms with E-state index in [0.717, 1.165) is 44.2 Å². The van der Waals surface area contributed by atoms with Crippen LogP contribution in [0.1, 0.15) is 34.4 Å². The van der Waals surface area contributed by atoms with E-state index in [1.165, 1.54) is 9.75 Å². The van der Waals surface area contributed by atoms with Crippen molar-refractivity contribution in [2.75, 3.05) is 19.7 Å². The molecule has 1 aromatic carbocycles. The number of carbonyl (C=O) groups excluding carboxylic acids is 1. The fraction of sp³-hybridized carbons (Fsp3) is 0.409. The lowest BCUT2D eigenvalue weighted by molar-refractivity contribution is -0.123. The molecule has 158 valence electrons. The molecule has 7 nitrogen and oxygen atoms in total. The highest BCUT2D eigenvalue weighted by Crippen LogP contribution is 2.20. The van der Waals surface area contributed by atoms with Crippen LogP contribution in [-0.2, 0) is 24.3 Å². The van der Waals surface area contributed by atoms with Crippen LogP contribution < -0.4 is 10.1 Å². The molecule has 0 bridgehead atoms. The molecule has 0 fully saturated rings. The fourth-order valence-electron chi connectivity index (χ4n) is 3.67. The van der Waals surface area contributed by atoms with Gasteiger partial charge in [-0.3, -0.25) is 9.69 Å². The molecule has 30 heavy (non-hydrogen) atoms. The van der Waals surface area contributed by atoms with Crippen LogP contribution in [0.15, 0.2) is 42.5 Å². The predicted octanol–water partition coefficient (Wildman–Crippen LogP) is 2.96. The summed E-state index contributed by atoms with van der Waals surface area (Å²) in [5, 5.41) is 11.7. The number of para-hydroxylation sites is 1. The van der Waals surface area contributed by atoms with Crippen molar-refractivity contribution in [2.24, 2.45) is 0 Å². The fourth-order valence-corrected chi connectivity index (χ4v) is 4.60. The Bertz CT molecular complexity index is 985. The standard InChI is InChI=1S/C22H27N5O2S/c1-16-8-9-19(30-16)14-26-11-10-20-24-25-22(27(20)13-12-26)17(2)23-21(28)15-29-18-6-4-3-5-7-18/h3-9,17H,10-15H2,1-2H3,(H,23,28)/t17-/m1/s1. The van der Waals surface area contributed by atoms with Gasteiger partial charge in [-0.25, -0.2) is 0 Å². The molecule has 0 saturated heterocycles. The van der Waals surface area contributed by atoms with Gasteiger partial charge in [0.1, 0.15) is 11.6 Å². The van der Waals surface area contributed by atoms with Crippen molar-refractivity contribution >= 4 is 17.2 Å². The first-order valence-corrected chi connectivity index (χ1v) is 11.1. The van der Waals surface area contributed by atoms with Gasteiger partial charge in [-0.1, -0.05) is 18.2 Å². The maximum atomic E-state index is 12.3. The molecule has 1 amide bonds. The van der Waals surface area contributed by atoms with Gasteiger partial charge in [0, 0.05) is 42.4 Å². The quantitative estimate of drug-likeness (QED) is 0.630. The maximum Gasteiger partial charge on any atom is 0.258 e. The molecule has 1 aliphatic rings. The third-order valence-corrected chi connectivity index (χ3v) is 6.19. The largest absolute Gasteiger partial charge is 0.484 e.